The number of aliphatic hydroxyl groups excluding tert-OH is 1. The Labute approximate surface area is 246 Å². The molecule has 0 fully saturated rings. The number of carbonyl (C=O) groups excluding carboxylic acids is 2. The summed E-state index contributed by atoms with van der Waals surface area (Å²) in [6.07, 6.45) is 4.15. The Morgan fingerprint density at radius 3 is 2.56 bits per heavy atom. The Morgan fingerprint density at radius 1 is 1.22 bits per heavy atom. The largest absolute Gasteiger partial charge is 0.490 e. The summed E-state index contributed by atoms with van der Waals surface area (Å²) in [5.74, 6) is -0.156. The molecule has 41 heavy (non-hydrogen) atoms. The van der Waals surface area contributed by atoms with Crippen molar-refractivity contribution in [2.45, 2.75) is 71.1 Å². The highest BCUT2D eigenvalue weighted by Crippen LogP contribution is 2.28. The molecule has 1 aromatic carbocycles. The zero-order valence-electron chi connectivity index (χ0n) is 25.8. The molecule has 4 atom stereocenters. The van der Waals surface area contributed by atoms with E-state index in [1.54, 1.807) is 35.9 Å². The average molecular weight is 599 g/mol. The van der Waals surface area contributed by atoms with Gasteiger partial charge in [0.15, 0.2) is 0 Å². The number of anilines is 1. The Bertz CT molecular complexity index is 1100. The minimum Gasteiger partial charge on any atom is -0.490 e. The van der Waals surface area contributed by atoms with Crippen LogP contribution in [0.1, 0.15) is 63.2 Å². The highest BCUT2D eigenvalue weighted by atomic mass is 32.2. The number of nitrogens with zero attached hydrogens (tertiary/aromatic N) is 3. The number of hydrogen-bond donors (Lipinski definition) is 2. The van der Waals surface area contributed by atoms with Crippen molar-refractivity contribution in [3.8, 4) is 5.75 Å². The van der Waals surface area contributed by atoms with E-state index in [0.29, 0.717) is 25.3 Å². The predicted octanol–water partition coefficient (Wildman–Crippen LogP) is 2.65. The monoisotopic (exact) mass is 598 g/mol. The number of nitrogens with one attached hydrogen (secondary N) is 1. The molecule has 2 N–H and O–H groups in total. The lowest BCUT2D eigenvalue weighted by molar-refractivity contribution is -0.132. The maximum atomic E-state index is 14.0. The number of benzene rings is 1. The van der Waals surface area contributed by atoms with Gasteiger partial charge in [0.25, 0.3) is 5.91 Å². The first kappa shape index (κ1) is 34.8. The number of likely N-dealkylation sites (N-methyl/N-ethyl adjacent to an activating group) is 1. The number of rotatable bonds is 10. The third-order valence-electron chi connectivity index (χ3n) is 7.23. The molecule has 0 saturated carbocycles. The van der Waals surface area contributed by atoms with Crippen molar-refractivity contribution < 1.29 is 32.6 Å². The normalized spacial score (nSPS) is 21.9. The summed E-state index contributed by atoms with van der Waals surface area (Å²) in [6, 6.07) is 4.13. The molecule has 0 bridgehead atoms. The van der Waals surface area contributed by atoms with Crippen LogP contribution in [0.3, 0.4) is 0 Å². The van der Waals surface area contributed by atoms with Crippen molar-refractivity contribution in [3.63, 3.8) is 0 Å². The van der Waals surface area contributed by atoms with Gasteiger partial charge in [-0.25, -0.2) is 8.42 Å². The molecular weight excluding hydrogens is 548 g/mol. The molecule has 0 radical (unpaired) electrons. The smallest absolute Gasteiger partial charge is 0.258 e. The van der Waals surface area contributed by atoms with Gasteiger partial charge in [0.1, 0.15) is 5.75 Å². The van der Waals surface area contributed by atoms with Gasteiger partial charge < -0.3 is 29.3 Å². The van der Waals surface area contributed by atoms with Gasteiger partial charge in [0.2, 0.25) is 15.9 Å². The van der Waals surface area contributed by atoms with E-state index < -0.39 is 16.1 Å². The second-order valence-corrected chi connectivity index (χ2v) is 13.3. The fraction of sp³-hybridized carbons (Fsp3) is 0.724. The highest BCUT2D eigenvalue weighted by molar-refractivity contribution is 7.92. The van der Waals surface area contributed by atoms with E-state index in [4.69, 9.17) is 9.47 Å². The number of amides is 2. The Kier molecular flexibility index (Phi) is 13.8. The van der Waals surface area contributed by atoms with Crippen molar-refractivity contribution in [2.24, 2.45) is 5.92 Å². The van der Waals surface area contributed by atoms with Crippen LogP contribution in [0.25, 0.3) is 0 Å². The van der Waals surface area contributed by atoms with Gasteiger partial charge in [-0.2, -0.15) is 0 Å². The Morgan fingerprint density at radius 2 is 1.93 bits per heavy atom. The number of hydrogen-bond acceptors (Lipinski definition) is 8. The van der Waals surface area contributed by atoms with Crippen molar-refractivity contribution in [3.05, 3.63) is 23.8 Å². The Hall–Kier alpha value is -2.41. The quantitative estimate of drug-likeness (QED) is 0.421. The molecule has 12 heteroatoms. The first-order valence-corrected chi connectivity index (χ1v) is 16.3. The molecule has 234 valence electrons. The molecule has 0 spiro atoms. The lowest BCUT2D eigenvalue weighted by atomic mass is 10.0. The molecular formula is C29H50N4O7S. The molecule has 0 unspecified atom stereocenters. The van der Waals surface area contributed by atoms with E-state index in [2.05, 4.69) is 4.72 Å². The Balaban J connectivity index is 2.39. The third-order valence-corrected chi connectivity index (χ3v) is 7.84. The van der Waals surface area contributed by atoms with Crippen LogP contribution in [-0.2, 0) is 19.6 Å². The average Bonchev–Trinajstić information content (AvgIpc) is 2.89. The number of ether oxygens (including phenoxy) is 2. The second-order valence-electron chi connectivity index (χ2n) is 11.6. The molecule has 2 amide bonds. The van der Waals surface area contributed by atoms with Crippen LogP contribution in [0.2, 0.25) is 0 Å². The van der Waals surface area contributed by atoms with Gasteiger partial charge in [-0.15, -0.1) is 0 Å². The summed E-state index contributed by atoms with van der Waals surface area (Å²) in [7, 11) is 2.17. The van der Waals surface area contributed by atoms with Crippen LogP contribution < -0.4 is 9.46 Å². The molecule has 0 aliphatic carbocycles. The first-order chi connectivity index (χ1) is 19.2. The van der Waals surface area contributed by atoms with E-state index in [9.17, 15) is 23.1 Å². The summed E-state index contributed by atoms with van der Waals surface area (Å²) >= 11 is 0. The number of sulfonamides is 1. The third kappa shape index (κ3) is 11.8. The standard InChI is InChI=1S/C29H50N4O7S/c1-21-18-33(22(2)20-34)29(36)25-17-24(30-41(7,37)38)13-14-26(25)40-23(3)11-8-9-16-39-27(21)19-32(6)28(35)12-10-15-31(4)5/h13-14,17,21-23,27,30,34H,8-12,15-16,18-20H2,1-7H3/t21-,22+,23+,27+/m1/s1. The molecule has 1 aromatic rings. The summed E-state index contributed by atoms with van der Waals surface area (Å²) in [5.41, 5.74) is 0.456. The van der Waals surface area contributed by atoms with E-state index in [1.165, 1.54) is 6.07 Å². The van der Waals surface area contributed by atoms with Crippen LogP contribution >= 0.6 is 0 Å². The van der Waals surface area contributed by atoms with Crippen LogP contribution in [0.4, 0.5) is 5.69 Å². The van der Waals surface area contributed by atoms with Crippen molar-refractivity contribution in [1.82, 2.24) is 14.7 Å². The van der Waals surface area contributed by atoms with E-state index in [0.717, 1.165) is 38.5 Å². The van der Waals surface area contributed by atoms with E-state index in [-0.39, 0.29) is 54.3 Å². The van der Waals surface area contributed by atoms with Crippen molar-refractivity contribution in [1.29, 1.82) is 0 Å². The van der Waals surface area contributed by atoms with Crippen LogP contribution in [0.5, 0.6) is 5.75 Å². The minimum atomic E-state index is -3.57. The summed E-state index contributed by atoms with van der Waals surface area (Å²) < 4.78 is 38.7. The van der Waals surface area contributed by atoms with E-state index in [1.807, 2.05) is 32.8 Å². The van der Waals surface area contributed by atoms with Gasteiger partial charge in [-0.05, 0) is 78.4 Å². The first-order valence-electron chi connectivity index (χ1n) is 14.4. The van der Waals surface area contributed by atoms with Crippen molar-refractivity contribution in [2.75, 3.05) is 65.0 Å². The number of carbonyl (C=O) groups is 2. The molecule has 1 aliphatic rings. The molecule has 0 saturated heterocycles. The lowest BCUT2D eigenvalue weighted by Gasteiger charge is -2.36. The number of fused-ring (bicyclic) bond motifs is 1. The lowest BCUT2D eigenvalue weighted by Crippen LogP contribution is -2.48. The second kappa shape index (κ2) is 16.3. The highest BCUT2D eigenvalue weighted by Gasteiger charge is 2.31. The fourth-order valence-electron chi connectivity index (χ4n) is 4.77. The van der Waals surface area contributed by atoms with Crippen LogP contribution in [0, 0.1) is 5.92 Å². The van der Waals surface area contributed by atoms with Gasteiger partial charge in [-0.1, -0.05) is 6.92 Å². The van der Waals surface area contributed by atoms with Crippen LogP contribution in [-0.4, -0.2) is 119 Å². The maximum absolute atomic E-state index is 14.0. The minimum absolute atomic E-state index is 0.0459. The number of aliphatic hydroxyl groups is 1. The molecule has 0 aromatic heterocycles. The topological polar surface area (TPSA) is 129 Å². The maximum Gasteiger partial charge on any atom is 0.258 e. The van der Waals surface area contributed by atoms with Gasteiger partial charge in [-0.3, -0.25) is 14.3 Å². The SMILES string of the molecule is C[C@@H]1CN([C@@H](C)CO)C(=O)c2cc(NS(C)(=O)=O)ccc2O[C@@H](C)CCCCO[C@H]1CN(C)C(=O)CCCN(C)C. The van der Waals surface area contributed by atoms with Gasteiger partial charge >= 0.3 is 0 Å². The zero-order chi connectivity index (χ0) is 30.7. The summed E-state index contributed by atoms with van der Waals surface area (Å²) in [4.78, 5) is 32.2. The molecule has 11 nitrogen and oxygen atoms in total. The summed E-state index contributed by atoms with van der Waals surface area (Å²) in [5, 5.41) is 10.1. The fourth-order valence-corrected chi connectivity index (χ4v) is 5.33. The van der Waals surface area contributed by atoms with Crippen molar-refractivity contribution >= 4 is 27.5 Å². The van der Waals surface area contributed by atoms with Crippen LogP contribution in [0.15, 0.2) is 18.2 Å². The molecule has 2 rings (SSSR count). The van der Waals surface area contributed by atoms with E-state index >= 15 is 0 Å². The summed E-state index contributed by atoms with van der Waals surface area (Å²) in [6.45, 7) is 7.39. The predicted molar refractivity (Wildman–Crippen MR) is 161 cm³/mol. The zero-order valence-corrected chi connectivity index (χ0v) is 26.6. The molecule has 1 aliphatic heterocycles. The van der Waals surface area contributed by atoms with Gasteiger partial charge in [0.05, 0.1) is 36.7 Å². The van der Waals surface area contributed by atoms with Gasteiger partial charge in [0, 0.05) is 44.8 Å². The molecule has 1 heterocycles.